The van der Waals surface area contributed by atoms with Crippen LogP contribution in [-0.4, -0.2) is 39.1 Å². The Bertz CT molecular complexity index is 374. The second-order valence-corrected chi connectivity index (χ2v) is 5.70. The Labute approximate surface area is 122 Å². The minimum atomic E-state index is 0.117. The summed E-state index contributed by atoms with van der Waals surface area (Å²) in [5, 5.41) is 3.46. The lowest BCUT2D eigenvalue weighted by Gasteiger charge is -2.20. The molecular weight excluding hydrogens is 254 g/mol. The summed E-state index contributed by atoms with van der Waals surface area (Å²) in [5.41, 5.74) is 1.34. The minimum Gasteiger partial charge on any atom is -0.491 e. The van der Waals surface area contributed by atoms with Crippen LogP contribution in [0.25, 0.3) is 0 Å². The van der Waals surface area contributed by atoms with Gasteiger partial charge in [0.2, 0.25) is 0 Å². The summed E-state index contributed by atoms with van der Waals surface area (Å²) in [6.07, 6.45) is 0. The van der Waals surface area contributed by atoms with Gasteiger partial charge in [-0.25, -0.2) is 0 Å². The molecule has 0 unspecified atom stereocenters. The van der Waals surface area contributed by atoms with E-state index in [0.29, 0.717) is 26.4 Å². The number of hydrogen-bond acceptors (Lipinski definition) is 4. The molecule has 4 nitrogen and oxygen atoms in total. The first-order valence-corrected chi connectivity index (χ1v) is 7.05. The average molecular weight is 281 g/mol. The van der Waals surface area contributed by atoms with Gasteiger partial charge >= 0.3 is 0 Å². The van der Waals surface area contributed by atoms with Crippen LogP contribution in [0.4, 0.5) is 0 Å². The molecule has 0 aliphatic carbocycles. The Morgan fingerprint density at radius 1 is 1.05 bits per heavy atom. The fraction of sp³-hybridized carbons (Fsp3) is 0.625. The van der Waals surface area contributed by atoms with E-state index in [2.05, 4.69) is 38.2 Å². The van der Waals surface area contributed by atoms with Crippen molar-refractivity contribution in [3.63, 3.8) is 0 Å². The zero-order chi connectivity index (χ0) is 14.8. The fourth-order valence-corrected chi connectivity index (χ4v) is 1.58. The second kappa shape index (κ2) is 8.95. The predicted molar refractivity (Wildman–Crippen MR) is 81.2 cm³/mol. The topological polar surface area (TPSA) is 39.7 Å². The maximum atomic E-state index is 5.67. The molecule has 114 valence electrons. The number of methoxy groups -OCH3 is 1. The number of ether oxygens (including phenoxy) is 3. The maximum Gasteiger partial charge on any atom is 0.119 e. The predicted octanol–water partition coefficient (Wildman–Crippen LogP) is 2.62. The van der Waals surface area contributed by atoms with Crippen LogP contribution in [0.1, 0.15) is 26.3 Å². The number of hydrogen-bond donors (Lipinski definition) is 1. The molecule has 0 amide bonds. The molecule has 0 fully saturated rings. The standard InChI is InChI=1S/C16H27NO3/c1-16(2,3)17-13-14-6-5-7-15(12-14)20-11-10-19-9-8-18-4/h5-7,12,17H,8-11,13H2,1-4H3. The van der Waals surface area contributed by atoms with E-state index in [9.17, 15) is 0 Å². The van der Waals surface area contributed by atoms with Crippen molar-refractivity contribution in [2.75, 3.05) is 33.5 Å². The summed E-state index contributed by atoms with van der Waals surface area (Å²) in [7, 11) is 1.66. The smallest absolute Gasteiger partial charge is 0.119 e. The molecule has 0 spiro atoms. The largest absolute Gasteiger partial charge is 0.491 e. The zero-order valence-electron chi connectivity index (χ0n) is 13.1. The monoisotopic (exact) mass is 281 g/mol. The van der Waals surface area contributed by atoms with Crippen molar-refractivity contribution in [1.82, 2.24) is 5.32 Å². The van der Waals surface area contributed by atoms with Crippen LogP contribution in [0.5, 0.6) is 5.75 Å². The highest BCUT2D eigenvalue weighted by molar-refractivity contribution is 5.28. The molecule has 20 heavy (non-hydrogen) atoms. The molecule has 0 saturated heterocycles. The summed E-state index contributed by atoms with van der Waals surface area (Å²) >= 11 is 0. The van der Waals surface area contributed by atoms with Crippen LogP contribution in [0, 0.1) is 0 Å². The molecule has 0 heterocycles. The van der Waals surface area contributed by atoms with Gasteiger partial charge in [-0.3, -0.25) is 0 Å². The molecule has 0 aliphatic rings. The number of rotatable bonds is 9. The molecule has 1 aromatic carbocycles. The van der Waals surface area contributed by atoms with Crippen molar-refractivity contribution in [2.24, 2.45) is 0 Å². The van der Waals surface area contributed by atoms with E-state index in [1.807, 2.05) is 12.1 Å². The first-order valence-electron chi connectivity index (χ1n) is 7.05. The van der Waals surface area contributed by atoms with Crippen LogP contribution < -0.4 is 10.1 Å². The van der Waals surface area contributed by atoms with Crippen molar-refractivity contribution in [1.29, 1.82) is 0 Å². The van der Waals surface area contributed by atoms with E-state index in [0.717, 1.165) is 12.3 Å². The lowest BCUT2D eigenvalue weighted by Crippen LogP contribution is -2.35. The summed E-state index contributed by atoms with van der Waals surface area (Å²) < 4.78 is 15.9. The quantitative estimate of drug-likeness (QED) is 0.706. The lowest BCUT2D eigenvalue weighted by atomic mass is 10.1. The second-order valence-electron chi connectivity index (χ2n) is 5.70. The number of nitrogens with one attached hydrogen (secondary N) is 1. The van der Waals surface area contributed by atoms with Gasteiger partial charge in [0.05, 0.1) is 19.8 Å². The Hall–Kier alpha value is -1.10. The maximum absolute atomic E-state index is 5.67. The molecule has 0 aliphatic heterocycles. The Morgan fingerprint density at radius 2 is 1.80 bits per heavy atom. The van der Waals surface area contributed by atoms with Gasteiger partial charge < -0.3 is 19.5 Å². The highest BCUT2D eigenvalue weighted by Gasteiger charge is 2.08. The van der Waals surface area contributed by atoms with Crippen LogP contribution in [-0.2, 0) is 16.0 Å². The van der Waals surface area contributed by atoms with Gasteiger partial charge in [0.15, 0.2) is 0 Å². The van der Waals surface area contributed by atoms with Gasteiger partial charge in [-0.05, 0) is 38.5 Å². The first kappa shape index (κ1) is 17.0. The van der Waals surface area contributed by atoms with Crippen LogP contribution in [0.2, 0.25) is 0 Å². The molecule has 1 aromatic rings. The van der Waals surface area contributed by atoms with Gasteiger partial charge in [0.1, 0.15) is 12.4 Å². The van der Waals surface area contributed by atoms with Crippen molar-refractivity contribution in [3.8, 4) is 5.75 Å². The summed E-state index contributed by atoms with van der Waals surface area (Å²) in [5.74, 6) is 0.883. The van der Waals surface area contributed by atoms with Crippen molar-refractivity contribution in [2.45, 2.75) is 32.9 Å². The molecule has 0 atom stereocenters. The van der Waals surface area contributed by atoms with Gasteiger partial charge in [-0.2, -0.15) is 0 Å². The summed E-state index contributed by atoms with van der Waals surface area (Å²) in [6.45, 7) is 9.67. The van der Waals surface area contributed by atoms with E-state index in [-0.39, 0.29) is 5.54 Å². The van der Waals surface area contributed by atoms with E-state index < -0.39 is 0 Å². The summed E-state index contributed by atoms with van der Waals surface area (Å²) in [6, 6.07) is 8.14. The molecule has 1 rings (SSSR count). The van der Waals surface area contributed by atoms with Crippen LogP contribution in [0.3, 0.4) is 0 Å². The van der Waals surface area contributed by atoms with Gasteiger partial charge in [0.25, 0.3) is 0 Å². The molecular formula is C16H27NO3. The Kier molecular flexibility index (Phi) is 7.59. The van der Waals surface area contributed by atoms with Gasteiger partial charge in [-0.1, -0.05) is 12.1 Å². The first-order chi connectivity index (χ1) is 9.51. The van der Waals surface area contributed by atoms with Gasteiger partial charge in [-0.15, -0.1) is 0 Å². The van der Waals surface area contributed by atoms with E-state index in [1.165, 1.54) is 5.56 Å². The number of benzene rings is 1. The molecule has 0 radical (unpaired) electrons. The SMILES string of the molecule is COCCOCCOc1cccc(CNC(C)(C)C)c1. The van der Waals surface area contributed by atoms with Crippen LogP contribution in [0.15, 0.2) is 24.3 Å². The van der Waals surface area contributed by atoms with E-state index in [4.69, 9.17) is 14.2 Å². The van der Waals surface area contributed by atoms with Crippen molar-refractivity contribution < 1.29 is 14.2 Å². The van der Waals surface area contributed by atoms with Crippen molar-refractivity contribution in [3.05, 3.63) is 29.8 Å². The zero-order valence-corrected chi connectivity index (χ0v) is 13.1. The molecule has 0 bridgehead atoms. The molecule has 1 N–H and O–H groups in total. The van der Waals surface area contributed by atoms with Crippen molar-refractivity contribution >= 4 is 0 Å². The molecule has 0 saturated carbocycles. The Morgan fingerprint density at radius 3 is 2.50 bits per heavy atom. The summed E-state index contributed by atoms with van der Waals surface area (Å²) in [4.78, 5) is 0. The fourth-order valence-electron chi connectivity index (χ4n) is 1.58. The normalized spacial score (nSPS) is 11.6. The van der Waals surface area contributed by atoms with Gasteiger partial charge in [0, 0.05) is 19.2 Å². The van der Waals surface area contributed by atoms with Crippen LogP contribution >= 0.6 is 0 Å². The third kappa shape index (κ3) is 8.15. The minimum absolute atomic E-state index is 0.117. The van der Waals surface area contributed by atoms with E-state index in [1.54, 1.807) is 7.11 Å². The Balaban J connectivity index is 2.29. The highest BCUT2D eigenvalue weighted by atomic mass is 16.5. The third-order valence-corrected chi connectivity index (χ3v) is 2.65. The average Bonchev–Trinajstić information content (AvgIpc) is 2.40. The highest BCUT2D eigenvalue weighted by Crippen LogP contribution is 2.14. The third-order valence-electron chi connectivity index (χ3n) is 2.65. The lowest BCUT2D eigenvalue weighted by molar-refractivity contribution is 0.0544. The molecule has 0 aromatic heterocycles. The van der Waals surface area contributed by atoms with E-state index >= 15 is 0 Å². The molecule has 4 heteroatoms.